The van der Waals surface area contributed by atoms with Gasteiger partial charge in [0.25, 0.3) is 0 Å². The summed E-state index contributed by atoms with van der Waals surface area (Å²) < 4.78 is 28.4. The van der Waals surface area contributed by atoms with E-state index in [1.807, 2.05) is 54.6 Å². The van der Waals surface area contributed by atoms with Crippen LogP contribution in [-0.2, 0) is 21.4 Å². The number of hydrogen-bond acceptors (Lipinski definition) is 4. The normalized spacial score (nSPS) is 17.7. The molecule has 1 amide bonds. The third-order valence-corrected chi connectivity index (χ3v) is 5.00. The third-order valence-electron chi connectivity index (χ3n) is 4.07. The minimum Gasteiger partial charge on any atom is -0.457 e. The molecule has 0 aromatic heterocycles. The van der Waals surface area contributed by atoms with Crippen molar-refractivity contribution >= 4 is 15.9 Å². The van der Waals surface area contributed by atoms with Gasteiger partial charge < -0.3 is 9.64 Å². The quantitative estimate of drug-likeness (QED) is 0.854. The first-order chi connectivity index (χ1) is 11.9. The fraction of sp³-hybridized carbons (Fsp3) is 0.278. The number of carbonyl (C=O) groups excluding carboxylic acids is 1. The van der Waals surface area contributed by atoms with E-state index < -0.39 is 10.0 Å². The van der Waals surface area contributed by atoms with Gasteiger partial charge in [0.2, 0.25) is 15.9 Å². The summed E-state index contributed by atoms with van der Waals surface area (Å²) >= 11 is 0. The Balaban J connectivity index is 1.72. The van der Waals surface area contributed by atoms with Gasteiger partial charge in [0, 0.05) is 31.0 Å². The van der Waals surface area contributed by atoms with Crippen LogP contribution in [0.4, 0.5) is 0 Å². The van der Waals surface area contributed by atoms with Gasteiger partial charge in [0.05, 0.1) is 5.75 Å². The molecule has 132 valence electrons. The molecule has 7 heteroatoms. The van der Waals surface area contributed by atoms with Crippen molar-refractivity contribution in [1.29, 1.82) is 0 Å². The molecule has 1 aliphatic heterocycles. The van der Waals surface area contributed by atoms with E-state index in [0.717, 1.165) is 11.3 Å². The highest BCUT2D eigenvalue weighted by molar-refractivity contribution is 7.89. The van der Waals surface area contributed by atoms with Crippen LogP contribution >= 0.6 is 0 Å². The van der Waals surface area contributed by atoms with E-state index in [4.69, 9.17) is 9.88 Å². The van der Waals surface area contributed by atoms with E-state index in [0.29, 0.717) is 18.8 Å². The van der Waals surface area contributed by atoms with Gasteiger partial charge in [-0.25, -0.2) is 13.6 Å². The number of sulfonamides is 1. The van der Waals surface area contributed by atoms with Crippen LogP contribution in [0.5, 0.6) is 11.5 Å². The van der Waals surface area contributed by atoms with Gasteiger partial charge >= 0.3 is 0 Å². The largest absolute Gasteiger partial charge is 0.457 e. The summed E-state index contributed by atoms with van der Waals surface area (Å²) in [4.78, 5) is 13.8. The molecule has 3 rings (SSSR count). The van der Waals surface area contributed by atoms with Gasteiger partial charge in [0.1, 0.15) is 11.5 Å². The van der Waals surface area contributed by atoms with E-state index in [1.54, 1.807) is 4.90 Å². The molecule has 0 radical (unpaired) electrons. The predicted octanol–water partition coefficient (Wildman–Crippen LogP) is 2.12. The van der Waals surface area contributed by atoms with Crippen LogP contribution in [0, 0.1) is 5.92 Å². The number of para-hydroxylation sites is 2. The molecule has 1 aliphatic rings. The van der Waals surface area contributed by atoms with Crippen molar-refractivity contribution in [3.05, 3.63) is 60.2 Å². The fourth-order valence-electron chi connectivity index (χ4n) is 3.00. The first-order valence-electron chi connectivity index (χ1n) is 8.00. The molecule has 2 N–H and O–H groups in total. The highest BCUT2D eigenvalue weighted by Crippen LogP contribution is 2.28. The maximum absolute atomic E-state index is 12.2. The lowest BCUT2D eigenvalue weighted by Gasteiger charge is -2.19. The topological polar surface area (TPSA) is 89.7 Å². The van der Waals surface area contributed by atoms with Crippen LogP contribution < -0.4 is 9.88 Å². The first kappa shape index (κ1) is 17.4. The molecule has 1 saturated heterocycles. The number of carbonyl (C=O) groups is 1. The Morgan fingerprint density at radius 3 is 2.48 bits per heavy atom. The van der Waals surface area contributed by atoms with Crippen molar-refractivity contribution in [2.24, 2.45) is 11.1 Å². The molecule has 0 spiro atoms. The molecule has 1 fully saturated rings. The zero-order valence-corrected chi connectivity index (χ0v) is 14.5. The lowest BCUT2D eigenvalue weighted by atomic mass is 10.1. The molecular formula is C18H20N2O4S. The molecule has 6 nitrogen and oxygen atoms in total. The SMILES string of the molecule is NS(=O)(=O)CC1CC(=O)N(Cc2ccccc2Oc2ccccc2)C1. The van der Waals surface area contributed by atoms with Gasteiger partial charge in [0.15, 0.2) is 0 Å². The van der Waals surface area contributed by atoms with Crippen LogP contribution in [0.25, 0.3) is 0 Å². The van der Waals surface area contributed by atoms with Crippen LogP contribution in [0.1, 0.15) is 12.0 Å². The molecule has 2 aromatic rings. The number of nitrogens with zero attached hydrogens (tertiary/aromatic N) is 1. The Morgan fingerprint density at radius 1 is 1.08 bits per heavy atom. The Bertz CT molecular complexity index is 852. The third kappa shape index (κ3) is 4.80. The smallest absolute Gasteiger partial charge is 0.223 e. The van der Waals surface area contributed by atoms with Crippen molar-refractivity contribution < 1.29 is 17.9 Å². The number of likely N-dealkylation sites (tertiary alicyclic amines) is 1. The Labute approximate surface area is 147 Å². The van der Waals surface area contributed by atoms with E-state index in [1.165, 1.54) is 0 Å². The Kier molecular flexibility index (Phi) is 5.06. The molecule has 0 bridgehead atoms. The molecule has 0 aliphatic carbocycles. The maximum Gasteiger partial charge on any atom is 0.223 e. The summed E-state index contributed by atoms with van der Waals surface area (Å²) in [6.07, 6.45) is 0.206. The second-order valence-electron chi connectivity index (χ2n) is 6.20. The number of hydrogen-bond donors (Lipinski definition) is 1. The van der Waals surface area contributed by atoms with Crippen LogP contribution in [0.3, 0.4) is 0 Å². The summed E-state index contributed by atoms with van der Waals surface area (Å²) in [6, 6.07) is 16.9. The van der Waals surface area contributed by atoms with E-state index in [-0.39, 0.29) is 24.0 Å². The summed E-state index contributed by atoms with van der Waals surface area (Å²) in [5, 5.41) is 5.09. The minimum atomic E-state index is -3.58. The molecule has 1 atom stereocenters. The van der Waals surface area contributed by atoms with Crippen molar-refractivity contribution in [2.45, 2.75) is 13.0 Å². The van der Waals surface area contributed by atoms with Gasteiger partial charge in [-0.1, -0.05) is 36.4 Å². The second kappa shape index (κ2) is 7.25. The number of nitrogens with two attached hydrogens (primary N) is 1. The molecular weight excluding hydrogens is 340 g/mol. The average Bonchev–Trinajstić information content (AvgIpc) is 2.87. The van der Waals surface area contributed by atoms with Gasteiger partial charge in [-0.05, 0) is 18.2 Å². The average molecular weight is 360 g/mol. The zero-order chi connectivity index (χ0) is 17.9. The lowest BCUT2D eigenvalue weighted by molar-refractivity contribution is -0.128. The van der Waals surface area contributed by atoms with Crippen LogP contribution in [-0.4, -0.2) is 31.5 Å². The Morgan fingerprint density at radius 2 is 1.76 bits per heavy atom. The number of amides is 1. The summed E-state index contributed by atoms with van der Waals surface area (Å²) in [6.45, 7) is 0.762. The molecule has 2 aromatic carbocycles. The number of primary sulfonamides is 1. The van der Waals surface area contributed by atoms with Gasteiger partial charge in [-0.2, -0.15) is 0 Å². The highest BCUT2D eigenvalue weighted by atomic mass is 32.2. The van der Waals surface area contributed by atoms with E-state index in [2.05, 4.69) is 0 Å². The summed E-state index contributed by atoms with van der Waals surface area (Å²) in [7, 11) is -3.58. The zero-order valence-electron chi connectivity index (χ0n) is 13.7. The maximum atomic E-state index is 12.2. The van der Waals surface area contributed by atoms with Crippen molar-refractivity contribution in [3.8, 4) is 11.5 Å². The van der Waals surface area contributed by atoms with Crippen LogP contribution in [0.15, 0.2) is 54.6 Å². The molecule has 25 heavy (non-hydrogen) atoms. The molecule has 1 heterocycles. The van der Waals surface area contributed by atoms with Crippen molar-refractivity contribution in [2.75, 3.05) is 12.3 Å². The predicted molar refractivity (Wildman–Crippen MR) is 94.5 cm³/mol. The van der Waals surface area contributed by atoms with E-state index >= 15 is 0 Å². The van der Waals surface area contributed by atoms with E-state index in [9.17, 15) is 13.2 Å². The summed E-state index contributed by atoms with van der Waals surface area (Å²) in [5.74, 6) is 0.899. The van der Waals surface area contributed by atoms with Crippen molar-refractivity contribution in [3.63, 3.8) is 0 Å². The first-order valence-corrected chi connectivity index (χ1v) is 9.71. The lowest BCUT2D eigenvalue weighted by Crippen LogP contribution is -2.27. The second-order valence-corrected chi connectivity index (χ2v) is 7.86. The van der Waals surface area contributed by atoms with Gasteiger partial charge in [-0.3, -0.25) is 4.79 Å². The molecule has 0 saturated carbocycles. The number of rotatable bonds is 6. The van der Waals surface area contributed by atoms with Crippen LogP contribution in [0.2, 0.25) is 0 Å². The van der Waals surface area contributed by atoms with Crippen molar-refractivity contribution in [1.82, 2.24) is 4.90 Å². The van der Waals surface area contributed by atoms with Gasteiger partial charge in [-0.15, -0.1) is 0 Å². The Hall–Kier alpha value is -2.38. The minimum absolute atomic E-state index is 0.0665. The monoisotopic (exact) mass is 360 g/mol. The fourth-order valence-corrected chi connectivity index (χ4v) is 3.88. The summed E-state index contributed by atoms with van der Waals surface area (Å²) in [5.41, 5.74) is 0.871. The highest BCUT2D eigenvalue weighted by Gasteiger charge is 2.32. The number of ether oxygens (including phenoxy) is 1. The number of benzene rings is 2. The molecule has 1 unspecified atom stereocenters. The standard InChI is InChI=1S/C18H20N2O4S/c19-25(22,23)13-14-10-18(21)20(11-14)12-15-6-4-5-9-17(15)24-16-7-2-1-3-8-16/h1-9,14H,10-13H2,(H2,19,22,23).